The van der Waals surface area contributed by atoms with Crippen LogP contribution in [0.5, 0.6) is 0 Å². The van der Waals surface area contributed by atoms with Gasteiger partial charge in [-0.05, 0) is 32.0 Å². The number of rotatable bonds is 5. The Balaban J connectivity index is 1.81. The summed E-state index contributed by atoms with van der Waals surface area (Å²) in [6, 6.07) is 13.6. The van der Waals surface area contributed by atoms with Crippen molar-refractivity contribution in [2.45, 2.75) is 26.9 Å². The minimum absolute atomic E-state index is 0.542. The SMILES string of the molecule is CCn1c(Cn2ccnc2-c2cccc(Cl)c2)nc2c(C(C)=NO)cccc21. The number of halogens is 1. The zero-order valence-corrected chi connectivity index (χ0v) is 16.4. The molecule has 0 saturated heterocycles. The number of benzene rings is 2. The highest BCUT2D eigenvalue weighted by Crippen LogP contribution is 2.25. The Morgan fingerprint density at radius 1 is 1.21 bits per heavy atom. The van der Waals surface area contributed by atoms with Crippen LogP contribution >= 0.6 is 11.6 Å². The van der Waals surface area contributed by atoms with Crippen molar-refractivity contribution in [3.05, 3.63) is 71.3 Å². The van der Waals surface area contributed by atoms with Crippen molar-refractivity contribution < 1.29 is 5.21 Å². The van der Waals surface area contributed by atoms with Gasteiger partial charge in [-0.15, -0.1) is 0 Å². The molecule has 1 N–H and O–H groups in total. The number of hydrogen-bond donors (Lipinski definition) is 1. The van der Waals surface area contributed by atoms with Crippen LogP contribution in [0.1, 0.15) is 25.2 Å². The highest BCUT2D eigenvalue weighted by molar-refractivity contribution is 6.30. The van der Waals surface area contributed by atoms with Crippen molar-refractivity contribution in [1.29, 1.82) is 0 Å². The first-order valence-corrected chi connectivity index (χ1v) is 9.44. The lowest BCUT2D eigenvalue weighted by Gasteiger charge is -2.10. The van der Waals surface area contributed by atoms with E-state index in [0.29, 0.717) is 17.3 Å². The summed E-state index contributed by atoms with van der Waals surface area (Å²) in [5, 5.41) is 13.2. The molecule has 0 radical (unpaired) electrons. The number of imidazole rings is 2. The van der Waals surface area contributed by atoms with Gasteiger partial charge < -0.3 is 14.3 Å². The summed E-state index contributed by atoms with van der Waals surface area (Å²) in [6.07, 6.45) is 3.72. The first kappa shape index (κ1) is 18.3. The standard InChI is InChI=1S/C21H20ClN5O/c1-3-27-18-9-5-8-17(14(2)25-28)20(18)24-19(27)13-26-11-10-23-21(26)15-6-4-7-16(22)12-15/h4-12,28H,3,13H2,1-2H3. The smallest absolute Gasteiger partial charge is 0.140 e. The number of aromatic nitrogens is 4. The average molecular weight is 394 g/mol. The molecule has 6 nitrogen and oxygen atoms in total. The molecule has 2 aromatic carbocycles. The third kappa shape index (κ3) is 3.16. The fraction of sp³-hybridized carbons (Fsp3) is 0.190. The van der Waals surface area contributed by atoms with Crippen LogP contribution in [0.25, 0.3) is 22.4 Å². The maximum atomic E-state index is 9.20. The van der Waals surface area contributed by atoms with Crippen molar-refractivity contribution >= 4 is 28.3 Å². The number of oxime groups is 1. The van der Waals surface area contributed by atoms with Gasteiger partial charge in [-0.2, -0.15) is 0 Å². The zero-order valence-electron chi connectivity index (χ0n) is 15.7. The Bertz CT molecular complexity index is 1170. The number of para-hydroxylation sites is 1. The predicted octanol–water partition coefficient (Wildman–Crippen LogP) is 4.82. The molecule has 0 atom stereocenters. The molecule has 0 amide bonds. The molecule has 0 fully saturated rings. The third-order valence-corrected chi connectivity index (χ3v) is 5.06. The van der Waals surface area contributed by atoms with Crippen LogP contribution in [-0.4, -0.2) is 30.0 Å². The lowest BCUT2D eigenvalue weighted by Crippen LogP contribution is -2.08. The normalized spacial score (nSPS) is 12.0. The van der Waals surface area contributed by atoms with Gasteiger partial charge in [-0.1, -0.05) is 41.0 Å². The van der Waals surface area contributed by atoms with E-state index in [0.717, 1.165) is 40.4 Å². The minimum atomic E-state index is 0.542. The predicted molar refractivity (Wildman–Crippen MR) is 111 cm³/mol. The van der Waals surface area contributed by atoms with Gasteiger partial charge in [0.05, 0.1) is 23.3 Å². The summed E-state index contributed by atoms with van der Waals surface area (Å²) in [7, 11) is 0. The fourth-order valence-corrected chi connectivity index (χ4v) is 3.68. The quantitative estimate of drug-likeness (QED) is 0.300. The Morgan fingerprint density at radius 2 is 2.04 bits per heavy atom. The Labute approximate surface area is 167 Å². The molecular formula is C21H20ClN5O. The average Bonchev–Trinajstić information content (AvgIpc) is 3.31. The summed E-state index contributed by atoms with van der Waals surface area (Å²) in [5.41, 5.74) is 4.18. The second kappa shape index (κ2) is 7.48. The van der Waals surface area contributed by atoms with Gasteiger partial charge in [-0.25, -0.2) is 9.97 Å². The summed E-state index contributed by atoms with van der Waals surface area (Å²) < 4.78 is 4.23. The lowest BCUT2D eigenvalue weighted by molar-refractivity contribution is 0.319. The second-order valence-corrected chi connectivity index (χ2v) is 6.96. The molecule has 0 aliphatic carbocycles. The zero-order chi connectivity index (χ0) is 19.7. The number of fused-ring (bicyclic) bond motifs is 1. The van der Waals surface area contributed by atoms with Gasteiger partial charge in [0.1, 0.15) is 11.6 Å². The molecule has 28 heavy (non-hydrogen) atoms. The minimum Gasteiger partial charge on any atom is -0.411 e. The Hall–Kier alpha value is -3.12. The van der Waals surface area contributed by atoms with Crippen LogP contribution in [0.2, 0.25) is 5.02 Å². The molecule has 0 spiro atoms. The van der Waals surface area contributed by atoms with Crippen molar-refractivity contribution in [2.75, 3.05) is 0 Å². The van der Waals surface area contributed by atoms with Gasteiger partial charge in [-0.3, -0.25) is 0 Å². The molecule has 2 heterocycles. The molecule has 0 bridgehead atoms. The van der Waals surface area contributed by atoms with Crippen LogP contribution in [0.3, 0.4) is 0 Å². The monoisotopic (exact) mass is 393 g/mol. The van der Waals surface area contributed by atoms with Crippen molar-refractivity contribution in [3.8, 4) is 11.4 Å². The highest BCUT2D eigenvalue weighted by Gasteiger charge is 2.16. The van der Waals surface area contributed by atoms with E-state index >= 15 is 0 Å². The van der Waals surface area contributed by atoms with Crippen molar-refractivity contribution in [1.82, 2.24) is 19.1 Å². The highest BCUT2D eigenvalue weighted by atomic mass is 35.5. The number of hydrogen-bond acceptors (Lipinski definition) is 4. The van der Waals surface area contributed by atoms with Crippen molar-refractivity contribution in [2.24, 2.45) is 5.16 Å². The van der Waals surface area contributed by atoms with E-state index in [4.69, 9.17) is 16.6 Å². The van der Waals surface area contributed by atoms with Crippen molar-refractivity contribution in [3.63, 3.8) is 0 Å². The summed E-state index contributed by atoms with van der Waals surface area (Å²) in [4.78, 5) is 9.38. The number of aryl methyl sites for hydroxylation is 1. The van der Waals surface area contributed by atoms with Gasteiger partial charge in [0.25, 0.3) is 0 Å². The van der Waals surface area contributed by atoms with E-state index in [2.05, 4.69) is 26.2 Å². The van der Waals surface area contributed by atoms with Gasteiger partial charge in [0, 0.05) is 35.1 Å². The molecule has 0 unspecified atom stereocenters. The molecule has 4 aromatic rings. The van der Waals surface area contributed by atoms with E-state index < -0.39 is 0 Å². The van der Waals surface area contributed by atoms with Gasteiger partial charge in [0.2, 0.25) is 0 Å². The van der Waals surface area contributed by atoms with E-state index in [1.807, 2.05) is 48.7 Å². The van der Waals surface area contributed by atoms with Crippen LogP contribution in [-0.2, 0) is 13.1 Å². The Kier molecular flexibility index (Phi) is 4.88. The topological polar surface area (TPSA) is 68.2 Å². The second-order valence-electron chi connectivity index (χ2n) is 6.52. The third-order valence-electron chi connectivity index (χ3n) is 4.82. The van der Waals surface area contributed by atoms with E-state index in [-0.39, 0.29) is 0 Å². The lowest BCUT2D eigenvalue weighted by atomic mass is 10.1. The van der Waals surface area contributed by atoms with E-state index in [9.17, 15) is 5.21 Å². The largest absolute Gasteiger partial charge is 0.411 e. The van der Waals surface area contributed by atoms with Gasteiger partial charge >= 0.3 is 0 Å². The Morgan fingerprint density at radius 3 is 2.79 bits per heavy atom. The summed E-state index contributed by atoms with van der Waals surface area (Å²) in [5.74, 6) is 1.75. The molecule has 2 aromatic heterocycles. The molecule has 7 heteroatoms. The summed E-state index contributed by atoms with van der Waals surface area (Å²) >= 11 is 6.15. The van der Waals surface area contributed by atoms with Gasteiger partial charge in [0.15, 0.2) is 0 Å². The maximum Gasteiger partial charge on any atom is 0.140 e. The molecule has 142 valence electrons. The molecule has 0 aliphatic heterocycles. The van der Waals surface area contributed by atoms with Crippen LogP contribution in [0.4, 0.5) is 0 Å². The first-order valence-electron chi connectivity index (χ1n) is 9.06. The molecule has 0 aliphatic rings. The van der Waals surface area contributed by atoms with Crippen LogP contribution < -0.4 is 0 Å². The molecular weight excluding hydrogens is 374 g/mol. The van der Waals surface area contributed by atoms with Crippen LogP contribution in [0.15, 0.2) is 60.0 Å². The number of nitrogens with zero attached hydrogens (tertiary/aromatic N) is 5. The first-order chi connectivity index (χ1) is 13.6. The fourth-order valence-electron chi connectivity index (χ4n) is 3.49. The van der Waals surface area contributed by atoms with Crippen LogP contribution in [0, 0.1) is 0 Å². The molecule has 0 saturated carbocycles. The molecule has 4 rings (SSSR count). The van der Waals surface area contributed by atoms with E-state index in [1.165, 1.54) is 0 Å². The van der Waals surface area contributed by atoms with E-state index in [1.54, 1.807) is 13.1 Å². The maximum absolute atomic E-state index is 9.20. The summed E-state index contributed by atoms with van der Waals surface area (Å²) in [6.45, 7) is 5.22.